The first-order valence-corrected chi connectivity index (χ1v) is 6.40. The van der Waals surface area contributed by atoms with Gasteiger partial charge >= 0.3 is 0 Å². The van der Waals surface area contributed by atoms with Gasteiger partial charge in [0.2, 0.25) is 5.91 Å². The number of rotatable bonds is 5. The van der Waals surface area contributed by atoms with E-state index in [0.29, 0.717) is 25.0 Å². The van der Waals surface area contributed by atoms with Crippen molar-refractivity contribution in [2.75, 3.05) is 26.2 Å². The van der Waals surface area contributed by atoms with Crippen LogP contribution in [0, 0.1) is 5.92 Å². The molecule has 2 rings (SSSR count). The molecule has 1 saturated heterocycles. The Kier molecular flexibility index (Phi) is 4.18. The highest BCUT2D eigenvalue weighted by atomic mass is 16.3. The quantitative estimate of drug-likeness (QED) is 0.711. The van der Waals surface area contributed by atoms with E-state index >= 15 is 0 Å². The monoisotopic (exact) mass is 226 g/mol. The van der Waals surface area contributed by atoms with Crippen LogP contribution in [-0.2, 0) is 4.79 Å². The van der Waals surface area contributed by atoms with Crippen LogP contribution in [-0.4, -0.2) is 48.2 Å². The van der Waals surface area contributed by atoms with E-state index < -0.39 is 0 Å². The van der Waals surface area contributed by atoms with Gasteiger partial charge in [0.1, 0.15) is 0 Å². The Morgan fingerprint density at radius 2 is 1.94 bits per heavy atom. The number of nitrogens with one attached hydrogen (secondary N) is 1. The average Bonchev–Trinajstić information content (AvgIpc) is 3.11. The summed E-state index contributed by atoms with van der Waals surface area (Å²) >= 11 is 0. The van der Waals surface area contributed by atoms with Crippen molar-refractivity contribution in [3.8, 4) is 0 Å². The van der Waals surface area contributed by atoms with E-state index in [-0.39, 0.29) is 5.91 Å². The van der Waals surface area contributed by atoms with Gasteiger partial charge in [0.15, 0.2) is 0 Å². The van der Waals surface area contributed by atoms with Crippen LogP contribution >= 0.6 is 0 Å². The molecule has 0 bridgehead atoms. The number of aliphatic hydroxyl groups is 1. The van der Waals surface area contributed by atoms with Crippen molar-refractivity contribution in [3.05, 3.63) is 0 Å². The summed E-state index contributed by atoms with van der Waals surface area (Å²) in [4.78, 5) is 13.8. The van der Waals surface area contributed by atoms with Crippen LogP contribution < -0.4 is 5.32 Å². The molecule has 2 N–H and O–H groups in total. The number of hydrogen-bond acceptors (Lipinski definition) is 3. The summed E-state index contributed by atoms with van der Waals surface area (Å²) in [6.45, 7) is 3.25. The summed E-state index contributed by atoms with van der Waals surface area (Å²) in [6, 6.07) is 0.479. The zero-order valence-corrected chi connectivity index (χ0v) is 9.82. The first-order chi connectivity index (χ1) is 7.78. The highest BCUT2D eigenvalue weighted by Gasteiger charge is 2.24. The molecule has 0 atom stereocenters. The molecule has 1 aliphatic carbocycles. The van der Waals surface area contributed by atoms with Crippen molar-refractivity contribution in [2.45, 2.75) is 38.1 Å². The third-order valence-corrected chi connectivity index (χ3v) is 3.56. The fourth-order valence-corrected chi connectivity index (χ4v) is 2.18. The normalized spacial score (nSPS) is 23.3. The summed E-state index contributed by atoms with van der Waals surface area (Å²) in [5.41, 5.74) is 0. The molecule has 4 heteroatoms. The van der Waals surface area contributed by atoms with Gasteiger partial charge in [-0.2, -0.15) is 0 Å². The van der Waals surface area contributed by atoms with Gasteiger partial charge in [0.25, 0.3) is 0 Å². The Morgan fingerprint density at radius 1 is 1.25 bits per heavy atom. The molecule has 92 valence electrons. The molecule has 1 heterocycles. The lowest BCUT2D eigenvalue weighted by Gasteiger charge is -2.30. The molecule has 16 heavy (non-hydrogen) atoms. The fraction of sp³-hybridized carbons (Fsp3) is 0.917. The van der Waals surface area contributed by atoms with E-state index in [1.165, 1.54) is 0 Å². The Bertz CT molecular complexity index is 233. The molecule has 4 nitrogen and oxygen atoms in total. The summed E-state index contributed by atoms with van der Waals surface area (Å²) in [5.74, 6) is 0.684. The molecule has 1 aliphatic heterocycles. The predicted molar refractivity (Wildman–Crippen MR) is 62.0 cm³/mol. The molecule has 0 aromatic carbocycles. The van der Waals surface area contributed by atoms with Crippen LogP contribution in [0.1, 0.15) is 32.1 Å². The Morgan fingerprint density at radius 3 is 2.50 bits per heavy atom. The van der Waals surface area contributed by atoms with Crippen molar-refractivity contribution < 1.29 is 9.90 Å². The van der Waals surface area contributed by atoms with E-state index in [2.05, 4.69) is 10.2 Å². The van der Waals surface area contributed by atoms with Crippen molar-refractivity contribution in [3.63, 3.8) is 0 Å². The highest BCUT2D eigenvalue weighted by Crippen LogP contribution is 2.19. The molecule has 0 radical (unpaired) electrons. The maximum Gasteiger partial charge on any atom is 0.221 e. The van der Waals surface area contributed by atoms with E-state index in [4.69, 9.17) is 5.11 Å². The summed E-state index contributed by atoms with van der Waals surface area (Å²) < 4.78 is 0. The molecule has 0 aromatic rings. The van der Waals surface area contributed by atoms with E-state index in [1.807, 2.05) is 0 Å². The summed E-state index contributed by atoms with van der Waals surface area (Å²) in [5, 5.41) is 12.0. The zero-order chi connectivity index (χ0) is 11.4. The molecule has 0 unspecified atom stereocenters. The fourth-order valence-electron chi connectivity index (χ4n) is 2.18. The number of carbonyl (C=O) groups is 1. The number of piperidine rings is 1. The molecule has 1 saturated carbocycles. The second-order valence-electron chi connectivity index (χ2n) is 5.06. The van der Waals surface area contributed by atoms with E-state index in [0.717, 1.165) is 45.3 Å². The summed E-state index contributed by atoms with van der Waals surface area (Å²) in [7, 11) is 0. The van der Waals surface area contributed by atoms with Gasteiger partial charge in [-0.1, -0.05) is 0 Å². The van der Waals surface area contributed by atoms with Crippen LogP contribution in [0.4, 0.5) is 0 Å². The van der Waals surface area contributed by atoms with Gasteiger partial charge < -0.3 is 15.3 Å². The lowest BCUT2D eigenvalue weighted by atomic mass is 9.98. The summed E-state index contributed by atoms with van der Waals surface area (Å²) in [6.07, 6.45) is 5.09. The lowest BCUT2D eigenvalue weighted by Crippen LogP contribution is -2.37. The second-order valence-corrected chi connectivity index (χ2v) is 5.06. The van der Waals surface area contributed by atoms with Crippen molar-refractivity contribution in [1.82, 2.24) is 10.2 Å². The standard InChI is InChI=1S/C12H22N2O2/c15-9-10-3-6-14(7-4-10)8-5-12(16)13-11-1-2-11/h10-11,15H,1-9H2,(H,13,16). The van der Waals surface area contributed by atoms with Crippen LogP contribution in [0.3, 0.4) is 0 Å². The topological polar surface area (TPSA) is 52.6 Å². The van der Waals surface area contributed by atoms with Gasteiger partial charge in [-0.15, -0.1) is 0 Å². The maximum absolute atomic E-state index is 11.5. The van der Waals surface area contributed by atoms with Crippen LogP contribution in [0.15, 0.2) is 0 Å². The Balaban J connectivity index is 1.57. The van der Waals surface area contributed by atoms with Crippen molar-refractivity contribution >= 4 is 5.91 Å². The largest absolute Gasteiger partial charge is 0.396 e. The van der Waals surface area contributed by atoms with Crippen LogP contribution in [0.2, 0.25) is 0 Å². The third kappa shape index (κ3) is 3.76. The smallest absolute Gasteiger partial charge is 0.221 e. The number of likely N-dealkylation sites (tertiary alicyclic amines) is 1. The number of amides is 1. The molecule has 2 aliphatic rings. The first kappa shape index (κ1) is 11.9. The van der Waals surface area contributed by atoms with Crippen molar-refractivity contribution in [2.24, 2.45) is 5.92 Å². The average molecular weight is 226 g/mol. The lowest BCUT2D eigenvalue weighted by molar-refractivity contribution is -0.121. The number of nitrogens with zero attached hydrogens (tertiary/aromatic N) is 1. The highest BCUT2D eigenvalue weighted by molar-refractivity contribution is 5.76. The minimum atomic E-state index is 0.201. The Hall–Kier alpha value is -0.610. The SMILES string of the molecule is O=C(CCN1CCC(CO)CC1)NC1CC1. The van der Waals surface area contributed by atoms with Gasteiger partial charge in [0, 0.05) is 25.6 Å². The molecular formula is C12H22N2O2. The second kappa shape index (κ2) is 5.64. The van der Waals surface area contributed by atoms with Gasteiger partial charge in [0.05, 0.1) is 0 Å². The number of aliphatic hydroxyl groups excluding tert-OH is 1. The van der Waals surface area contributed by atoms with Crippen LogP contribution in [0.25, 0.3) is 0 Å². The minimum absolute atomic E-state index is 0.201. The van der Waals surface area contributed by atoms with Gasteiger partial charge in [-0.05, 0) is 44.7 Å². The number of carbonyl (C=O) groups excluding carboxylic acids is 1. The molecular weight excluding hydrogens is 204 g/mol. The van der Waals surface area contributed by atoms with E-state index in [9.17, 15) is 4.79 Å². The van der Waals surface area contributed by atoms with Crippen LogP contribution in [0.5, 0.6) is 0 Å². The number of hydrogen-bond donors (Lipinski definition) is 2. The molecule has 0 spiro atoms. The van der Waals surface area contributed by atoms with Crippen molar-refractivity contribution in [1.29, 1.82) is 0 Å². The maximum atomic E-state index is 11.5. The van der Waals surface area contributed by atoms with E-state index in [1.54, 1.807) is 0 Å². The predicted octanol–water partition coefficient (Wildman–Crippen LogP) is 0.359. The third-order valence-electron chi connectivity index (χ3n) is 3.56. The zero-order valence-electron chi connectivity index (χ0n) is 9.82. The molecule has 0 aromatic heterocycles. The first-order valence-electron chi connectivity index (χ1n) is 6.40. The molecule has 1 amide bonds. The minimum Gasteiger partial charge on any atom is -0.396 e. The van der Waals surface area contributed by atoms with Gasteiger partial charge in [-0.25, -0.2) is 0 Å². The van der Waals surface area contributed by atoms with Gasteiger partial charge in [-0.3, -0.25) is 4.79 Å². The molecule has 2 fully saturated rings. The Labute approximate surface area is 97.0 Å².